The van der Waals surface area contributed by atoms with E-state index in [4.69, 9.17) is 0 Å². The third-order valence-corrected chi connectivity index (χ3v) is 8.79. The Kier molecular flexibility index (Phi) is 5.52. The van der Waals surface area contributed by atoms with Crippen molar-refractivity contribution in [3.8, 4) is 0 Å². The number of rotatable bonds is 2. The Bertz CT molecular complexity index is 1390. The van der Waals surface area contributed by atoms with E-state index >= 15 is 0 Å². The van der Waals surface area contributed by atoms with E-state index in [0.29, 0.717) is 9.90 Å². The minimum absolute atomic E-state index is 0.0903. The monoisotopic (exact) mass is 518 g/mol. The molecule has 0 spiro atoms. The molecule has 5 rings (SSSR count). The zero-order valence-corrected chi connectivity index (χ0v) is 20.6. The van der Waals surface area contributed by atoms with Crippen LogP contribution in [0.5, 0.6) is 0 Å². The van der Waals surface area contributed by atoms with Gasteiger partial charge in [0.25, 0.3) is 0 Å². The maximum Gasteiger partial charge on any atom is 0.416 e. The van der Waals surface area contributed by atoms with Crippen LogP contribution in [0, 0.1) is 5.92 Å². The molecule has 0 bridgehead atoms. The number of aromatic nitrogens is 1. The quantitative estimate of drug-likeness (QED) is 0.452. The molecule has 35 heavy (non-hydrogen) atoms. The molecule has 182 valence electrons. The van der Waals surface area contributed by atoms with Gasteiger partial charge in [-0.15, -0.1) is 0 Å². The van der Waals surface area contributed by atoms with Crippen LogP contribution >= 0.6 is 23.1 Å². The Morgan fingerprint density at radius 3 is 2.23 bits per heavy atom. The van der Waals surface area contributed by atoms with Crippen molar-refractivity contribution in [3.63, 3.8) is 0 Å². The molecule has 1 fully saturated rings. The molecule has 0 saturated carbocycles. The fourth-order valence-corrected chi connectivity index (χ4v) is 7.16. The van der Waals surface area contributed by atoms with Gasteiger partial charge in [0.05, 0.1) is 22.2 Å². The van der Waals surface area contributed by atoms with Crippen LogP contribution in [-0.2, 0) is 21.2 Å². The zero-order chi connectivity index (χ0) is 25.3. The van der Waals surface area contributed by atoms with Crippen LogP contribution in [-0.4, -0.2) is 22.0 Å². The number of imide groups is 1. The van der Waals surface area contributed by atoms with Crippen LogP contribution in [0.1, 0.15) is 48.3 Å². The van der Waals surface area contributed by atoms with Gasteiger partial charge in [0.1, 0.15) is 5.25 Å². The molecule has 2 aliphatic heterocycles. The number of aromatic amines is 1. The summed E-state index contributed by atoms with van der Waals surface area (Å²) in [6.45, 7) is 6.24. The number of alkyl halides is 3. The predicted molar refractivity (Wildman–Crippen MR) is 129 cm³/mol. The molecule has 2 aliphatic rings. The van der Waals surface area contributed by atoms with Gasteiger partial charge in [-0.05, 0) is 34.7 Å². The van der Waals surface area contributed by atoms with Gasteiger partial charge < -0.3 is 4.98 Å². The maximum absolute atomic E-state index is 13.7. The van der Waals surface area contributed by atoms with Crippen LogP contribution in [0.25, 0.3) is 0 Å². The molecule has 1 N–H and O–H groups in total. The van der Waals surface area contributed by atoms with Crippen molar-refractivity contribution in [1.82, 2.24) is 4.98 Å². The highest BCUT2D eigenvalue weighted by atomic mass is 32.2. The molecule has 10 heteroatoms. The highest BCUT2D eigenvalue weighted by Gasteiger charge is 2.56. The molecule has 0 aliphatic carbocycles. The number of fused-ring (bicyclic) bond motifs is 2. The smallest absolute Gasteiger partial charge is 0.307 e. The first kappa shape index (κ1) is 23.9. The summed E-state index contributed by atoms with van der Waals surface area (Å²) in [5, 5.41) is -0.333. The number of H-pyrrole nitrogens is 1. The summed E-state index contributed by atoms with van der Waals surface area (Å²) < 4.78 is 39.9. The summed E-state index contributed by atoms with van der Waals surface area (Å²) in [4.78, 5) is 43.3. The third kappa shape index (κ3) is 4.02. The standard InChI is InChI=1S/C25H21F3N2O3S2/c1-24(2,3)13-9-7-12(8-10-13)16-17-19(34-20-18(16)35-23(33)29-20)22(32)30(21(17)31)15-6-4-5-14(11-15)25(26,27)28/h4-11,16-17,19H,1-3H3,(H,29,33). The van der Waals surface area contributed by atoms with Gasteiger partial charge in [0.15, 0.2) is 0 Å². The highest BCUT2D eigenvalue weighted by molar-refractivity contribution is 8.00. The number of thiazole rings is 1. The lowest BCUT2D eigenvalue weighted by atomic mass is 9.81. The number of nitrogens with one attached hydrogen (secondary N) is 1. The predicted octanol–water partition coefficient (Wildman–Crippen LogP) is 5.55. The molecule has 3 atom stereocenters. The number of carbonyl (C=O) groups excluding carboxylic acids is 2. The normalized spacial score (nSPS) is 22.3. The Morgan fingerprint density at radius 1 is 0.914 bits per heavy atom. The number of thioether (sulfide) groups is 1. The van der Waals surface area contributed by atoms with Crippen LogP contribution in [0.2, 0.25) is 0 Å². The van der Waals surface area contributed by atoms with Gasteiger partial charge in [-0.25, -0.2) is 4.90 Å². The van der Waals surface area contributed by atoms with E-state index < -0.39 is 40.6 Å². The van der Waals surface area contributed by atoms with Gasteiger partial charge >= 0.3 is 11.0 Å². The van der Waals surface area contributed by atoms with Crippen LogP contribution < -0.4 is 9.77 Å². The van der Waals surface area contributed by atoms with Gasteiger partial charge in [-0.2, -0.15) is 13.2 Å². The van der Waals surface area contributed by atoms with Crippen molar-refractivity contribution in [2.45, 2.75) is 48.6 Å². The van der Waals surface area contributed by atoms with Crippen LogP contribution in [0.3, 0.4) is 0 Å². The lowest BCUT2D eigenvalue weighted by Crippen LogP contribution is -2.32. The van der Waals surface area contributed by atoms with Crippen molar-refractivity contribution in [1.29, 1.82) is 0 Å². The van der Waals surface area contributed by atoms with E-state index in [1.54, 1.807) is 0 Å². The van der Waals surface area contributed by atoms with E-state index in [9.17, 15) is 27.6 Å². The van der Waals surface area contributed by atoms with E-state index in [2.05, 4.69) is 25.8 Å². The molecule has 1 saturated heterocycles. The lowest BCUT2D eigenvalue weighted by Gasteiger charge is -2.30. The first-order valence-corrected chi connectivity index (χ1v) is 12.6. The third-order valence-electron chi connectivity index (χ3n) is 6.39. The van der Waals surface area contributed by atoms with Gasteiger partial charge in [0, 0.05) is 10.8 Å². The molecule has 0 radical (unpaired) electrons. The Morgan fingerprint density at radius 2 is 1.60 bits per heavy atom. The number of benzene rings is 2. The fraction of sp³-hybridized carbons (Fsp3) is 0.320. The number of anilines is 1. The SMILES string of the molecule is CC(C)(C)c1ccc(C2c3sc(=O)[nH]c3SC3C(=O)N(c4cccc(C(F)(F)F)c4)C(=O)C32)cc1. The second-order valence-electron chi connectivity index (χ2n) is 9.68. The highest BCUT2D eigenvalue weighted by Crippen LogP contribution is 2.53. The second-order valence-corrected chi connectivity index (χ2v) is 11.8. The Labute approximate surface area is 207 Å². The topological polar surface area (TPSA) is 70.2 Å². The molecule has 3 heterocycles. The summed E-state index contributed by atoms with van der Waals surface area (Å²) in [7, 11) is 0. The molecular weight excluding hydrogens is 497 g/mol. The molecule has 3 aromatic rings. The molecule has 3 unspecified atom stereocenters. The van der Waals surface area contributed by atoms with Gasteiger partial charge in [0.2, 0.25) is 11.8 Å². The number of hydrogen-bond acceptors (Lipinski definition) is 5. The average Bonchev–Trinajstić information content (AvgIpc) is 3.27. The molecule has 2 aromatic carbocycles. The molecule has 1 aromatic heterocycles. The average molecular weight is 519 g/mol. The van der Waals surface area contributed by atoms with Crippen LogP contribution in [0.15, 0.2) is 58.4 Å². The van der Waals surface area contributed by atoms with E-state index in [0.717, 1.165) is 51.3 Å². The summed E-state index contributed by atoms with van der Waals surface area (Å²) in [5.41, 5.74) is 0.730. The number of halogens is 3. The summed E-state index contributed by atoms with van der Waals surface area (Å²) >= 11 is 2.09. The van der Waals surface area contributed by atoms with Gasteiger partial charge in [-0.1, -0.05) is 74.2 Å². The Balaban J connectivity index is 1.60. The first-order valence-electron chi connectivity index (χ1n) is 10.9. The lowest BCUT2D eigenvalue weighted by molar-refractivity contribution is -0.137. The molecule has 2 amide bonds. The van der Waals surface area contributed by atoms with E-state index in [1.165, 1.54) is 12.1 Å². The fourth-order valence-electron chi connectivity index (χ4n) is 4.64. The largest absolute Gasteiger partial charge is 0.416 e. The van der Waals surface area contributed by atoms with Gasteiger partial charge in [-0.3, -0.25) is 14.4 Å². The van der Waals surface area contributed by atoms with Crippen molar-refractivity contribution in [2.24, 2.45) is 5.92 Å². The summed E-state index contributed by atoms with van der Waals surface area (Å²) in [5.74, 6) is -2.57. The molecule has 5 nitrogen and oxygen atoms in total. The maximum atomic E-state index is 13.7. The van der Waals surface area contributed by atoms with Crippen molar-refractivity contribution in [2.75, 3.05) is 4.90 Å². The first-order chi connectivity index (χ1) is 16.4. The second kappa shape index (κ2) is 8.09. The summed E-state index contributed by atoms with van der Waals surface area (Å²) in [6, 6.07) is 12.0. The minimum atomic E-state index is -4.61. The number of nitrogens with zero attached hydrogens (tertiary/aromatic N) is 1. The number of amides is 2. The Hall–Kier alpha value is -2.85. The number of hydrogen-bond donors (Lipinski definition) is 1. The van der Waals surface area contributed by atoms with E-state index in [-0.39, 0.29) is 16.0 Å². The summed E-state index contributed by atoms with van der Waals surface area (Å²) in [6.07, 6.45) is -4.61. The van der Waals surface area contributed by atoms with Crippen LogP contribution in [0.4, 0.5) is 18.9 Å². The van der Waals surface area contributed by atoms with E-state index in [1.807, 2.05) is 24.3 Å². The number of carbonyl (C=O) groups is 2. The zero-order valence-electron chi connectivity index (χ0n) is 19.0. The minimum Gasteiger partial charge on any atom is -0.307 e. The van der Waals surface area contributed by atoms with Crippen molar-refractivity contribution in [3.05, 3.63) is 79.8 Å². The molecular formula is C25H21F3N2O3S2. The van der Waals surface area contributed by atoms with Crippen molar-refractivity contribution < 1.29 is 22.8 Å². The van der Waals surface area contributed by atoms with Crippen molar-refractivity contribution >= 4 is 40.6 Å².